The fraction of sp³-hybridized carbons (Fsp3) is 0.526. The molecule has 3 heterocycles. The average molecular weight is 390 g/mol. The maximum atomic E-state index is 13.9. The first-order chi connectivity index (χ1) is 13.2. The van der Waals surface area contributed by atoms with Gasteiger partial charge in [-0.3, -0.25) is 4.79 Å². The van der Waals surface area contributed by atoms with Gasteiger partial charge in [-0.15, -0.1) is 10.2 Å². The normalized spacial score (nSPS) is 17.8. The highest BCUT2D eigenvalue weighted by Crippen LogP contribution is 2.29. The first-order valence-electron chi connectivity index (χ1n) is 9.36. The Morgan fingerprint density at radius 3 is 2.89 bits per heavy atom. The van der Waals surface area contributed by atoms with Gasteiger partial charge in [0, 0.05) is 43.4 Å². The molecule has 1 amide bonds. The number of thioether (sulfide) groups is 1. The van der Waals surface area contributed by atoms with Crippen LogP contribution in [0.2, 0.25) is 0 Å². The van der Waals surface area contributed by atoms with Gasteiger partial charge in [-0.1, -0.05) is 0 Å². The highest BCUT2D eigenvalue weighted by molar-refractivity contribution is 7.97. The molecular formula is C19H24FN5OS. The molecule has 2 aliphatic heterocycles. The van der Waals surface area contributed by atoms with E-state index in [4.69, 9.17) is 0 Å². The lowest BCUT2D eigenvalue weighted by atomic mass is 9.95. The number of piperidine rings is 1. The molecule has 0 radical (unpaired) electrons. The summed E-state index contributed by atoms with van der Waals surface area (Å²) in [5, 5.41) is 12.0. The lowest BCUT2D eigenvalue weighted by Crippen LogP contribution is -2.39. The lowest BCUT2D eigenvalue weighted by molar-refractivity contribution is 0.0710. The fourth-order valence-electron chi connectivity index (χ4n) is 3.91. The third-order valence-electron chi connectivity index (χ3n) is 5.39. The highest BCUT2D eigenvalue weighted by Gasteiger charge is 2.29. The van der Waals surface area contributed by atoms with Crippen LogP contribution < -0.4 is 5.32 Å². The average Bonchev–Trinajstić information content (AvgIpc) is 3.14. The molecule has 144 valence electrons. The van der Waals surface area contributed by atoms with Crippen LogP contribution in [0.4, 0.5) is 4.39 Å². The summed E-state index contributed by atoms with van der Waals surface area (Å²) in [6.07, 6.45) is 3.70. The zero-order valence-corrected chi connectivity index (χ0v) is 16.3. The lowest BCUT2D eigenvalue weighted by Gasteiger charge is -2.32. The van der Waals surface area contributed by atoms with Crippen molar-refractivity contribution in [1.29, 1.82) is 0 Å². The highest BCUT2D eigenvalue weighted by atomic mass is 32.2. The Morgan fingerprint density at radius 2 is 2.11 bits per heavy atom. The van der Waals surface area contributed by atoms with E-state index in [2.05, 4.69) is 20.1 Å². The maximum Gasteiger partial charge on any atom is 0.253 e. The Bertz CT molecular complexity index is 832. The minimum absolute atomic E-state index is 0.0109. The summed E-state index contributed by atoms with van der Waals surface area (Å²) in [5.74, 6) is 2.72. The minimum atomic E-state index is -0.245. The number of fused-ring (bicyclic) bond motifs is 1. The van der Waals surface area contributed by atoms with Crippen LogP contribution >= 0.6 is 11.8 Å². The monoisotopic (exact) mass is 389 g/mol. The van der Waals surface area contributed by atoms with Crippen LogP contribution in [0.15, 0.2) is 18.2 Å². The van der Waals surface area contributed by atoms with Crippen molar-refractivity contribution in [2.45, 2.75) is 37.6 Å². The van der Waals surface area contributed by atoms with E-state index < -0.39 is 0 Å². The van der Waals surface area contributed by atoms with Gasteiger partial charge in [0.05, 0.1) is 6.54 Å². The molecule has 1 N–H and O–H groups in total. The first kappa shape index (κ1) is 18.4. The molecule has 1 fully saturated rings. The van der Waals surface area contributed by atoms with E-state index in [1.54, 1.807) is 23.9 Å². The van der Waals surface area contributed by atoms with Gasteiger partial charge in [-0.25, -0.2) is 4.39 Å². The van der Waals surface area contributed by atoms with Gasteiger partial charge in [-0.2, -0.15) is 11.8 Å². The number of amides is 1. The first-order valence-corrected chi connectivity index (χ1v) is 10.8. The number of aromatic nitrogens is 3. The predicted octanol–water partition coefficient (Wildman–Crippen LogP) is 2.40. The van der Waals surface area contributed by atoms with Crippen LogP contribution in [-0.2, 0) is 18.8 Å². The van der Waals surface area contributed by atoms with Gasteiger partial charge < -0.3 is 14.8 Å². The molecule has 4 rings (SSSR count). The molecule has 1 aromatic carbocycles. The van der Waals surface area contributed by atoms with Gasteiger partial charge in [-0.05, 0) is 42.9 Å². The number of nitrogens with one attached hydrogen (secondary N) is 1. The molecule has 1 aromatic heterocycles. The third-order valence-corrected chi connectivity index (χ3v) is 5.99. The number of carbonyl (C=O) groups is 1. The topological polar surface area (TPSA) is 63.1 Å². The molecule has 0 bridgehead atoms. The second-order valence-corrected chi connectivity index (χ2v) is 7.97. The van der Waals surface area contributed by atoms with Crippen LogP contribution in [0.5, 0.6) is 0 Å². The van der Waals surface area contributed by atoms with Crippen molar-refractivity contribution >= 4 is 17.7 Å². The van der Waals surface area contributed by atoms with Crippen LogP contribution in [0, 0.1) is 5.82 Å². The van der Waals surface area contributed by atoms with Crippen molar-refractivity contribution in [2.75, 3.05) is 25.9 Å². The molecule has 0 unspecified atom stereocenters. The Kier molecular flexibility index (Phi) is 5.45. The summed E-state index contributed by atoms with van der Waals surface area (Å²) in [7, 11) is 0. The van der Waals surface area contributed by atoms with E-state index in [9.17, 15) is 9.18 Å². The smallest absolute Gasteiger partial charge is 0.253 e. The van der Waals surface area contributed by atoms with Gasteiger partial charge in [0.15, 0.2) is 0 Å². The summed E-state index contributed by atoms with van der Waals surface area (Å²) in [5.41, 5.74) is 1.16. The number of carbonyl (C=O) groups excluding carboxylic acids is 1. The van der Waals surface area contributed by atoms with E-state index in [0.29, 0.717) is 35.9 Å². The zero-order chi connectivity index (χ0) is 18.8. The summed E-state index contributed by atoms with van der Waals surface area (Å²) in [6.45, 7) is 4.01. The third kappa shape index (κ3) is 3.73. The summed E-state index contributed by atoms with van der Waals surface area (Å²) < 4.78 is 16.1. The van der Waals surface area contributed by atoms with Crippen molar-refractivity contribution in [2.24, 2.45) is 0 Å². The van der Waals surface area contributed by atoms with Gasteiger partial charge in [0.25, 0.3) is 5.91 Å². The van der Waals surface area contributed by atoms with E-state index in [0.717, 1.165) is 44.1 Å². The molecule has 6 nitrogen and oxygen atoms in total. The predicted molar refractivity (Wildman–Crippen MR) is 103 cm³/mol. The van der Waals surface area contributed by atoms with Crippen molar-refractivity contribution in [3.8, 4) is 0 Å². The number of nitrogens with zero attached hydrogens (tertiary/aromatic N) is 4. The summed E-state index contributed by atoms with van der Waals surface area (Å²) in [6, 6.07) is 4.69. The van der Waals surface area contributed by atoms with Crippen LogP contribution in [0.3, 0.4) is 0 Å². The second-order valence-electron chi connectivity index (χ2n) is 7.11. The molecule has 0 saturated carbocycles. The van der Waals surface area contributed by atoms with Crippen LogP contribution in [0.1, 0.15) is 46.3 Å². The zero-order valence-electron chi connectivity index (χ0n) is 15.4. The Balaban J connectivity index is 1.42. The van der Waals surface area contributed by atoms with Crippen molar-refractivity contribution in [1.82, 2.24) is 25.0 Å². The summed E-state index contributed by atoms with van der Waals surface area (Å²) in [4.78, 5) is 14.7. The van der Waals surface area contributed by atoms with Crippen LogP contribution in [0.25, 0.3) is 0 Å². The van der Waals surface area contributed by atoms with Gasteiger partial charge >= 0.3 is 0 Å². The second kappa shape index (κ2) is 7.98. The van der Waals surface area contributed by atoms with Crippen molar-refractivity contribution in [3.63, 3.8) is 0 Å². The van der Waals surface area contributed by atoms with E-state index in [-0.39, 0.29) is 11.7 Å². The molecule has 1 saturated heterocycles. The molecule has 0 atom stereocenters. The van der Waals surface area contributed by atoms with Gasteiger partial charge in [0.2, 0.25) is 0 Å². The van der Waals surface area contributed by atoms with Gasteiger partial charge in [0.1, 0.15) is 17.5 Å². The Morgan fingerprint density at radius 1 is 1.30 bits per heavy atom. The number of likely N-dealkylation sites (tertiary alicyclic amines) is 1. The number of rotatable bonds is 4. The Labute approximate surface area is 162 Å². The number of hydrogen-bond acceptors (Lipinski definition) is 5. The molecule has 8 heteroatoms. The van der Waals surface area contributed by atoms with E-state index >= 15 is 0 Å². The largest absolute Gasteiger partial charge is 0.339 e. The maximum absolute atomic E-state index is 13.9. The van der Waals surface area contributed by atoms with Crippen molar-refractivity contribution < 1.29 is 9.18 Å². The molecular weight excluding hydrogens is 365 g/mol. The molecule has 2 aromatic rings. The van der Waals surface area contributed by atoms with Crippen molar-refractivity contribution in [3.05, 3.63) is 46.8 Å². The number of benzene rings is 1. The molecule has 27 heavy (non-hydrogen) atoms. The fourth-order valence-corrected chi connectivity index (χ4v) is 4.45. The number of hydrogen-bond donors (Lipinski definition) is 1. The van der Waals surface area contributed by atoms with E-state index in [1.807, 2.05) is 11.2 Å². The SMILES string of the molecule is CSCc1cc(C(=O)N2CCC(c3nnc4n3CCNC4)CC2)ccc1F. The Hall–Kier alpha value is -1.93. The molecule has 0 spiro atoms. The minimum Gasteiger partial charge on any atom is -0.339 e. The number of halogens is 1. The molecule has 2 aliphatic rings. The molecule has 0 aliphatic carbocycles. The quantitative estimate of drug-likeness (QED) is 0.870. The standard InChI is InChI=1S/C19H24FN5OS/c1-27-12-15-10-14(2-3-16(15)20)19(26)24-7-4-13(5-8-24)18-23-22-17-11-21-6-9-25(17)18/h2-3,10,13,21H,4-9,11-12H2,1H3. The van der Waals surface area contributed by atoms with E-state index in [1.165, 1.54) is 6.07 Å². The van der Waals surface area contributed by atoms with Crippen LogP contribution in [-0.4, -0.2) is 51.5 Å². The summed E-state index contributed by atoms with van der Waals surface area (Å²) >= 11 is 1.55.